The number of para-hydroxylation sites is 1. The molecule has 0 aliphatic heterocycles. The topological polar surface area (TPSA) is 32.3 Å². The Morgan fingerprint density at radius 3 is 1.83 bits per heavy atom. The van der Waals surface area contributed by atoms with Crippen molar-refractivity contribution < 1.29 is 5.11 Å². The van der Waals surface area contributed by atoms with Gasteiger partial charge in [-0.1, -0.05) is 78.9 Å². The van der Waals surface area contributed by atoms with E-state index in [1.54, 1.807) is 6.07 Å². The minimum absolute atomic E-state index is 0.354. The summed E-state index contributed by atoms with van der Waals surface area (Å²) >= 11 is 0. The third-order valence-electron chi connectivity index (χ3n) is 4.32. The summed E-state index contributed by atoms with van der Waals surface area (Å²) in [6, 6.07) is 28.8. The molecule has 2 nitrogen and oxygen atoms in total. The highest BCUT2D eigenvalue weighted by Gasteiger charge is 2.13. The van der Waals surface area contributed by atoms with E-state index in [1.165, 1.54) is 11.1 Å². The third kappa shape index (κ3) is 4.24. The lowest BCUT2D eigenvalue weighted by Gasteiger charge is -2.18. The van der Waals surface area contributed by atoms with Crippen LogP contribution in [-0.2, 0) is 6.54 Å². The molecule has 3 aromatic carbocycles. The highest BCUT2D eigenvalue weighted by molar-refractivity contribution is 5.33. The van der Waals surface area contributed by atoms with Gasteiger partial charge in [0.25, 0.3) is 0 Å². The molecular formula is C22H23NO. The predicted molar refractivity (Wildman–Crippen MR) is 99.2 cm³/mol. The second-order valence-corrected chi connectivity index (χ2v) is 5.97. The number of hydrogen-bond acceptors (Lipinski definition) is 2. The molecule has 0 bridgehead atoms. The van der Waals surface area contributed by atoms with Gasteiger partial charge in [0.05, 0.1) is 0 Å². The van der Waals surface area contributed by atoms with Gasteiger partial charge in [-0.25, -0.2) is 0 Å². The van der Waals surface area contributed by atoms with E-state index in [1.807, 2.05) is 18.2 Å². The molecule has 2 N–H and O–H groups in total. The average molecular weight is 317 g/mol. The predicted octanol–water partition coefficient (Wildman–Crippen LogP) is 4.70. The summed E-state index contributed by atoms with van der Waals surface area (Å²) in [5.41, 5.74) is 3.62. The summed E-state index contributed by atoms with van der Waals surface area (Å²) in [5.74, 6) is 0.733. The third-order valence-corrected chi connectivity index (χ3v) is 4.32. The van der Waals surface area contributed by atoms with Gasteiger partial charge < -0.3 is 10.4 Å². The lowest BCUT2D eigenvalue weighted by Crippen LogP contribution is -2.17. The largest absolute Gasteiger partial charge is 0.508 e. The van der Waals surface area contributed by atoms with E-state index in [0.29, 0.717) is 18.2 Å². The Balaban J connectivity index is 1.64. The van der Waals surface area contributed by atoms with Crippen molar-refractivity contribution in [2.75, 3.05) is 6.54 Å². The van der Waals surface area contributed by atoms with E-state index in [4.69, 9.17) is 0 Å². The Labute approximate surface area is 143 Å². The van der Waals surface area contributed by atoms with Crippen molar-refractivity contribution in [1.82, 2.24) is 5.32 Å². The van der Waals surface area contributed by atoms with Gasteiger partial charge in [0, 0.05) is 18.0 Å². The first-order valence-electron chi connectivity index (χ1n) is 8.42. The number of phenols is 1. The van der Waals surface area contributed by atoms with E-state index in [-0.39, 0.29) is 0 Å². The van der Waals surface area contributed by atoms with Crippen LogP contribution < -0.4 is 5.32 Å². The van der Waals surface area contributed by atoms with Gasteiger partial charge in [-0.05, 0) is 30.2 Å². The SMILES string of the molecule is Oc1ccccc1CNCCC(c1ccccc1)c1ccccc1. The maximum Gasteiger partial charge on any atom is 0.120 e. The molecule has 3 aromatic rings. The fourth-order valence-electron chi connectivity index (χ4n) is 3.03. The van der Waals surface area contributed by atoms with Crippen LogP contribution in [0.2, 0.25) is 0 Å². The zero-order chi connectivity index (χ0) is 16.6. The number of phenolic OH excluding ortho intramolecular Hbond substituents is 1. The number of hydrogen-bond donors (Lipinski definition) is 2. The first-order chi connectivity index (χ1) is 11.8. The Morgan fingerprint density at radius 1 is 0.708 bits per heavy atom. The molecule has 3 rings (SSSR count). The number of nitrogens with one attached hydrogen (secondary N) is 1. The van der Waals surface area contributed by atoms with Crippen LogP contribution in [0.25, 0.3) is 0 Å². The first kappa shape index (κ1) is 16.3. The Bertz CT molecular complexity index is 701. The van der Waals surface area contributed by atoms with E-state index < -0.39 is 0 Å². The number of benzene rings is 3. The van der Waals surface area contributed by atoms with Gasteiger partial charge in [0.2, 0.25) is 0 Å². The fraction of sp³-hybridized carbons (Fsp3) is 0.182. The summed E-state index contributed by atoms with van der Waals surface area (Å²) in [6.07, 6.45) is 1.02. The van der Waals surface area contributed by atoms with Crippen LogP contribution in [0.3, 0.4) is 0 Å². The summed E-state index contributed by atoms with van der Waals surface area (Å²) < 4.78 is 0. The molecule has 0 saturated heterocycles. The van der Waals surface area contributed by atoms with Gasteiger partial charge in [-0.2, -0.15) is 0 Å². The number of aromatic hydroxyl groups is 1. The molecule has 0 heterocycles. The van der Waals surface area contributed by atoms with Crippen molar-refractivity contribution in [3.05, 3.63) is 102 Å². The smallest absolute Gasteiger partial charge is 0.120 e. The van der Waals surface area contributed by atoms with E-state index in [0.717, 1.165) is 18.5 Å². The summed E-state index contributed by atoms with van der Waals surface area (Å²) in [4.78, 5) is 0. The van der Waals surface area contributed by atoms with Crippen LogP contribution in [0.1, 0.15) is 29.0 Å². The summed E-state index contributed by atoms with van der Waals surface area (Å²) in [7, 11) is 0. The Hall–Kier alpha value is -2.58. The molecule has 0 amide bonds. The fourth-order valence-corrected chi connectivity index (χ4v) is 3.03. The van der Waals surface area contributed by atoms with Crippen molar-refractivity contribution in [3.63, 3.8) is 0 Å². The molecule has 0 aliphatic carbocycles. The van der Waals surface area contributed by atoms with Gasteiger partial charge in [-0.15, -0.1) is 0 Å². The van der Waals surface area contributed by atoms with Crippen molar-refractivity contribution in [2.45, 2.75) is 18.9 Å². The van der Waals surface area contributed by atoms with Crippen molar-refractivity contribution >= 4 is 0 Å². The average Bonchev–Trinajstić information content (AvgIpc) is 2.64. The molecule has 2 heteroatoms. The Morgan fingerprint density at radius 2 is 1.25 bits per heavy atom. The molecule has 24 heavy (non-hydrogen) atoms. The minimum atomic E-state index is 0.354. The first-order valence-corrected chi connectivity index (χ1v) is 8.42. The van der Waals surface area contributed by atoms with Gasteiger partial charge in [0.1, 0.15) is 5.75 Å². The van der Waals surface area contributed by atoms with Gasteiger partial charge in [-0.3, -0.25) is 0 Å². The van der Waals surface area contributed by atoms with Crippen LogP contribution in [0.15, 0.2) is 84.9 Å². The molecule has 0 radical (unpaired) electrons. The Kier molecular flexibility index (Phi) is 5.65. The van der Waals surface area contributed by atoms with Crippen LogP contribution in [0.4, 0.5) is 0 Å². The second kappa shape index (κ2) is 8.32. The van der Waals surface area contributed by atoms with Crippen molar-refractivity contribution in [1.29, 1.82) is 0 Å². The monoisotopic (exact) mass is 317 g/mol. The van der Waals surface area contributed by atoms with Crippen LogP contribution >= 0.6 is 0 Å². The molecule has 0 atom stereocenters. The molecule has 0 fully saturated rings. The zero-order valence-corrected chi connectivity index (χ0v) is 13.7. The lowest BCUT2D eigenvalue weighted by atomic mass is 9.88. The number of rotatable bonds is 7. The molecule has 0 spiro atoms. The van der Waals surface area contributed by atoms with E-state index >= 15 is 0 Å². The lowest BCUT2D eigenvalue weighted by molar-refractivity contribution is 0.463. The van der Waals surface area contributed by atoms with Crippen LogP contribution in [-0.4, -0.2) is 11.7 Å². The summed E-state index contributed by atoms with van der Waals surface area (Å²) in [5, 5.41) is 13.3. The molecule has 0 unspecified atom stereocenters. The minimum Gasteiger partial charge on any atom is -0.508 e. The second-order valence-electron chi connectivity index (χ2n) is 5.97. The molecule has 0 saturated carbocycles. The highest BCUT2D eigenvalue weighted by Crippen LogP contribution is 2.27. The van der Waals surface area contributed by atoms with Crippen LogP contribution in [0, 0.1) is 0 Å². The zero-order valence-electron chi connectivity index (χ0n) is 13.7. The van der Waals surface area contributed by atoms with Crippen LogP contribution in [0.5, 0.6) is 5.75 Å². The normalized spacial score (nSPS) is 10.9. The van der Waals surface area contributed by atoms with Crippen molar-refractivity contribution in [2.24, 2.45) is 0 Å². The van der Waals surface area contributed by atoms with E-state index in [2.05, 4.69) is 66.0 Å². The van der Waals surface area contributed by atoms with Gasteiger partial charge >= 0.3 is 0 Å². The maximum absolute atomic E-state index is 9.84. The van der Waals surface area contributed by atoms with Gasteiger partial charge in [0.15, 0.2) is 0 Å². The molecular weight excluding hydrogens is 294 g/mol. The van der Waals surface area contributed by atoms with Crippen molar-refractivity contribution in [3.8, 4) is 5.75 Å². The summed E-state index contributed by atoms with van der Waals surface area (Å²) in [6.45, 7) is 1.58. The molecule has 0 aliphatic rings. The standard InChI is InChI=1S/C22H23NO/c24-22-14-8-7-13-20(22)17-23-16-15-21(18-9-3-1-4-10-18)19-11-5-2-6-12-19/h1-14,21,23-24H,15-17H2. The van der Waals surface area contributed by atoms with E-state index in [9.17, 15) is 5.11 Å². The molecule has 0 aromatic heterocycles. The maximum atomic E-state index is 9.84. The highest BCUT2D eigenvalue weighted by atomic mass is 16.3. The molecule has 122 valence electrons. The quantitative estimate of drug-likeness (QED) is 0.619.